The first-order valence-electron chi connectivity index (χ1n) is 6.42. The monoisotopic (exact) mass is 220 g/mol. The van der Waals surface area contributed by atoms with Gasteiger partial charge in [0.05, 0.1) is 6.07 Å². The van der Waals surface area contributed by atoms with Gasteiger partial charge in [0, 0.05) is 13.1 Å². The molecule has 0 aliphatic heterocycles. The number of carbonyl (C=O) groups excluding carboxylic acids is 1. The zero-order valence-electron chi connectivity index (χ0n) is 10.0. The average molecular weight is 220 g/mol. The van der Waals surface area contributed by atoms with Crippen LogP contribution in [0.5, 0.6) is 0 Å². The molecule has 2 aliphatic carbocycles. The molecule has 2 rings (SSSR count). The van der Waals surface area contributed by atoms with Crippen LogP contribution in [0.15, 0.2) is 0 Å². The minimum atomic E-state index is -0.676. The van der Waals surface area contributed by atoms with Crippen LogP contribution in [0.1, 0.15) is 45.4 Å². The Bertz CT molecular complexity index is 308. The number of amides is 1. The van der Waals surface area contributed by atoms with E-state index in [4.69, 9.17) is 0 Å². The molecule has 2 aliphatic rings. The van der Waals surface area contributed by atoms with Crippen molar-refractivity contribution in [3.63, 3.8) is 0 Å². The van der Waals surface area contributed by atoms with E-state index in [1.54, 1.807) is 0 Å². The summed E-state index contributed by atoms with van der Waals surface area (Å²) in [5, 5.41) is 9.28. The highest BCUT2D eigenvalue weighted by molar-refractivity contribution is 5.85. The first-order chi connectivity index (χ1) is 7.72. The second-order valence-corrected chi connectivity index (χ2v) is 5.19. The Balaban J connectivity index is 2.05. The van der Waals surface area contributed by atoms with E-state index in [1.165, 1.54) is 12.8 Å². The molecule has 0 aromatic heterocycles. The lowest BCUT2D eigenvalue weighted by molar-refractivity contribution is -0.138. The molecule has 0 aromatic rings. The van der Waals surface area contributed by atoms with Crippen LogP contribution in [0, 0.1) is 22.7 Å². The van der Waals surface area contributed by atoms with E-state index in [0.29, 0.717) is 5.92 Å². The van der Waals surface area contributed by atoms with Gasteiger partial charge in [-0.3, -0.25) is 4.79 Å². The predicted molar refractivity (Wildman–Crippen MR) is 61.5 cm³/mol. The molecule has 3 heteroatoms. The summed E-state index contributed by atoms with van der Waals surface area (Å²) in [6.07, 6.45) is 6.10. The lowest BCUT2D eigenvalue weighted by atomic mass is 9.86. The quantitative estimate of drug-likeness (QED) is 0.729. The summed E-state index contributed by atoms with van der Waals surface area (Å²) in [7, 11) is 0. The lowest BCUT2D eigenvalue weighted by Crippen LogP contribution is -2.42. The molecule has 16 heavy (non-hydrogen) atoms. The highest BCUT2D eigenvalue weighted by Gasteiger charge is 2.44. The highest BCUT2D eigenvalue weighted by Crippen LogP contribution is 2.40. The van der Waals surface area contributed by atoms with Gasteiger partial charge in [0.1, 0.15) is 5.41 Å². The summed E-state index contributed by atoms with van der Waals surface area (Å²) in [6, 6.07) is 2.29. The molecular formula is C13H20N2O. The molecular weight excluding hydrogens is 200 g/mol. The Morgan fingerprint density at radius 2 is 2.06 bits per heavy atom. The lowest BCUT2D eigenvalue weighted by Gasteiger charge is -2.28. The van der Waals surface area contributed by atoms with Gasteiger partial charge in [-0.25, -0.2) is 0 Å². The summed E-state index contributed by atoms with van der Waals surface area (Å²) in [5.74, 6) is 0.808. The molecule has 0 radical (unpaired) electrons. The number of nitrogens with zero attached hydrogens (tertiary/aromatic N) is 2. The molecule has 0 spiro atoms. The van der Waals surface area contributed by atoms with Crippen molar-refractivity contribution in [2.24, 2.45) is 11.3 Å². The molecule has 1 amide bonds. The van der Waals surface area contributed by atoms with Gasteiger partial charge in [-0.15, -0.1) is 0 Å². The number of nitriles is 1. The van der Waals surface area contributed by atoms with Crippen LogP contribution in [-0.2, 0) is 4.79 Å². The fraction of sp³-hybridized carbons (Fsp3) is 0.846. The van der Waals surface area contributed by atoms with Crippen LogP contribution in [-0.4, -0.2) is 23.9 Å². The summed E-state index contributed by atoms with van der Waals surface area (Å²) in [6.45, 7) is 3.64. The number of carbonyl (C=O) groups is 1. The normalized spacial score (nSPS) is 22.8. The summed E-state index contributed by atoms with van der Waals surface area (Å²) in [5.41, 5.74) is -0.676. The van der Waals surface area contributed by atoms with E-state index in [1.807, 2.05) is 11.8 Å². The standard InChI is InChI=1S/C13H20N2O/c1-2-15(9-11-5-6-11)12(16)13(10-14)7-3-4-8-13/h11H,2-9H2,1H3. The third-order valence-electron chi connectivity index (χ3n) is 3.92. The number of rotatable bonds is 4. The fourth-order valence-corrected chi connectivity index (χ4v) is 2.62. The Hall–Kier alpha value is -1.04. The molecule has 2 fully saturated rings. The molecule has 0 N–H and O–H groups in total. The topological polar surface area (TPSA) is 44.1 Å². The minimum Gasteiger partial charge on any atom is -0.341 e. The average Bonchev–Trinajstić information content (AvgIpc) is 2.99. The van der Waals surface area contributed by atoms with E-state index < -0.39 is 5.41 Å². The van der Waals surface area contributed by atoms with Crippen molar-refractivity contribution < 1.29 is 4.79 Å². The predicted octanol–water partition coefficient (Wildman–Crippen LogP) is 2.33. The largest absolute Gasteiger partial charge is 0.341 e. The van der Waals surface area contributed by atoms with Crippen LogP contribution in [0.4, 0.5) is 0 Å². The molecule has 88 valence electrons. The summed E-state index contributed by atoms with van der Waals surface area (Å²) >= 11 is 0. The Kier molecular flexibility index (Phi) is 3.18. The van der Waals surface area contributed by atoms with Crippen LogP contribution in [0.3, 0.4) is 0 Å². The van der Waals surface area contributed by atoms with Gasteiger partial charge < -0.3 is 4.90 Å². The van der Waals surface area contributed by atoms with E-state index >= 15 is 0 Å². The zero-order chi connectivity index (χ0) is 11.6. The van der Waals surface area contributed by atoms with E-state index in [-0.39, 0.29) is 5.91 Å². The Morgan fingerprint density at radius 1 is 1.44 bits per heavy atom. The molecule has 0 unspecified atom stereocenters. The van der Waals surface area contributed by atoms with Gasteiger partial charge in [-0.2, -0.15) is 5.26 Å². The molecule has 0 atom stereocenters. The van der Waals surface area contributed by atoms with Crippen molar-refractivity contribution in [2.45, 2.75) is 45.4 Å². The smallest absolute Gasteiger partial charge is 0.243 e. The van der Waals surface area contributed by atoms with Gasteiger partial charge in [0.2, 0.25) is 5.91 Å². The van der Waals surface area contributed by atoms with Crippen molar-refractivity contribution >= 4 is 5.91 Å². The van der Waals surface area contributed by atoms with E-state index in [0.717, 1.165) is 38.8 Å². The SMILES string of the molecule is CCN(CC1CC1)C(=O)C1(C#N)CCCC1. The third kappa shape index (κ3) is 2.07. The molecule has 0 heterocycles. The maximum atomic E-state index is 12.4. The van der Waals surface area contributed by atoms with E-state index in [2.05, 4.69) is 6.07 Å². The van der Waals surface area contributed by atoms with Gasteiger partial charge in [-0.05, 0) is 38.5 Å². The van der Waals surface area contributed by atoms with Gasteiger partial charge in [0.25, 0.3) is 0 Å². The molecule has 3 nitrogen and oxygen atoms in total. The van der Waals surface area contributed by atoms with Crippen molar-refractivity contribution in [2.75, 3.05) is 13.1 Å². The Morgan fingerprint density at radius 3 is 2.50 bits per heavy atom. The molecule has 2 saturated carbocycles. The second-order valence-electron chi connectivity index (χ2n) is 5.19. The maximum Gasteiger partial charge on any atom is 0.243 e. The second kappa shape index (κ2) is 4.45. The van der Waals surface area contributed by atoms with Gasteiger partial charge in [0.15, 0.2) is 0 Å². The van der Waals surface area contributed by atoms with Crippen LogP contribution < -0.4 is 0 Å². The van der Waals surface area contributed by atoms with Gasteiger partial charge >= 0.3 is 0 Å². The number of hydrogen-bond acceptors (Lipinski definition) is 2. The maximum absolute atomic E-state index is 12.4. The van der Waals surface area contributed by atoms with Gasteiger partial charge in [-0.1, -0.05) is 12.8 Å². The summed E-state index contributed by atoms with van der Waals surface area (Å²) < 4.78 is 0. The Labute approximate surface area is 97.4 Å². The summed E-state index contributed by atoms with van der Waals surface area (Å²) in [4.78, 5) is 14.3. The van der Waals surface area contributed by atoms with Crippen molar-refractivity contribution in [3.8, 4) is 6.07 Å². The first-order valence-corrected chi connectivity index (χ1v) is 6.42. The van der Waals surface area contributed by atoms with Crippen LogP contribution >= 0.6 is 0 Å². The highest BCUT2D eigenvalue weighted by atomic mass is 16.2. The number of hydrogen-bond donors (Lipinski definition) is 0. The molecule has 0 aromatic carbocycles. The first kappa shape index (κ1) is 11.4. The van der Waals surface area contributed by atoms with Crippen molar-refractivity contribution in [3.05, 3.63) is 0 Å². The minimum absolute atomic E-state index is 0.0990. The van der Waals surface area contributed by atoms with Crippen LogP contribution in [0.2, 0.25) is 0 Å². The van der Waals surface area contributed by atoms with Crippen LogP contribution in [0.25, 0.3) is 0 Å². The zero-order valence-corrected chi connectivity index (χ0v) is 10.0. The van der Waals surface area contributed by atoms with E-state index in [9.17, 15) is 10.1 Å². The molecule has 0 saturated heterocycles. The molecule has 0 bridgehead atoms. The van der Waals surface area contributed by atoms with Crippen molar-refractivity contribution in [1.29, 1.82) is 5.26 Å². The fourth-order valence-electron chi connectivity index (χ4n) is 2.62. The van der Waals surface area contributed by atoms with Crippen molar-refractivity contribution in [1.82, 2.24) is 4.90 Å². The third-order valence-corrected chi connectivity index (χ3v) is 3.92.